The van der Waals surface area contributed by atoms with Crippen LogP contribution in [-0.4, -0.2) is 26.2 Å². The van der Waals surface area contributed by atoms with Gasteiger partial charge in [0.1, 0.15) is 5.75 Å². The van der Waals surface area contributed by atoms with Crippen LogP contribution in [0.4, 0.5) is 5.69 Å². The second-order valence-electron chi connectivity index (χ2n) is 5.05. The summed E-state index contributed by atoms with van der Waals surface area (Å²) in [5.74, 6) is 0.969. The molecule has 1 aliphatic rings. The average molecular weight is 234 g/mol. The van der Waals surface area contributed by atoms with E-state index in [-0.39, 0.29) is 0 Å². The summed E-state index contributed by atoms with van der Waals surface area (Å²) in [6, 6.07) is 8.63. The molecule has 3 heteroatoms. The lowest BCUT2D eigenvalue weighted by Gasteiger charge is -2.27. The summed E-state index contributed by atoms with van der Waals surface area (Å²) >= 11 is 0. The lowest BCUT2D eigenvalue weighted by molar-refractivity contribution is 0.147. The molecule has 1 saturated carbocycles. The predicted octanol–water partition coefficient (Wildman–Crippen LogP) is 2.40. The van der Waals surface area contributed by atoms with Gasteiger partial charge in [-0.1, -0.05) is 6.07 Å². The van der Waals surface area contributed by atoms with Crippen LogP contribution in [0.5, 0.6) is 5.75 Å². The molecule has 1 aliphatic carbocycles. The Bertz CT molecular complexity index is 357. The minimum Gasteiger partial charge on any atom is -0.490 e. The number of nitrogens with two attached hydrogens (primary N) is 1. The predicted molar refractivity (Wildman–Crippen MR) is 71.6 cm³/mol. The van der Waals surface area contributed by atoms with Gasteiger partial charge in [0.25, 0.3) is 0 Å². The minimum atomic E-state index is 0.340. The lowest BCUT2D eigenvalue weighted by atomic mass is 9.94. The fraction of sp³-hybridized carbons (Fsp3) is 0.571. The van der Waals surface area contributed by atoms with Gasteiger partial charge in [-0.25, -0.2) is 0 Å². The summed E-state index contributed by atoms with van der Waals surface area (Å²) in [4.78, 5) is 2.09. The number of hydrogen-bond donors (Lipinski definition) is 1. The molecule has 17 heavy (non-hydrogen) atoms. The van der Waals surface area contributed by atoms with Crippen molar-refractivity contribution in [2.75, 3.05) is 19.0 Å². The van der Waals surface area contributed by atoms with Gasteiger partial charge in [0, 0.05) is 31.9 Å². The Morgan fingerprint density at radius 3 is 2.53 bits per heavy atom. The van der Waals surface area contributed by atoms with E-state index in [2.05, 4.69) is 17.0 Å². The van der Waals surface area contributed by atoms with E-state index in [4.69, 9.17) is 10.5 Å². The third-order valence-corrected chi connectivity index (χ3v) is 3.36. The first-order chi connectivity index (χ1) is 8.15. The Hall–Kier alpha value is -1.22. The van der Waals surface area contributed by atoms with Crippen molar-refractivity contribution in [3.63, 3.8) is 0 Å². The molecule has 0 bridgehead atoms. The van der Waals surface area contributed by atoms with Crippen molar-refractivity contribution in [1.82, 2.24) is 0 Å². The molecule has 0 aromatic heterocycles. The molecule has 1 fully saturated rings. The third-order valence-electron chi connectivity index (χ3n) is 3.36. The highest BCUT2D eigenvalue weighted by atomic mass is 16.5. The Labute approximate surface area is 104 Å². The molecular weight excluding hydrogens is 212 g/mol. The Kier molecular flexibility index (Phi) is 3.89. The summed E-state index contributed by atoms with van der Waals surface area (Å²) in [5.41, 5.74) is 7.07. The fourth-order valence-electron chi connectivity index (χ4n) is 2.23. The van der Waals surface area contributed by atoms with E-state index in [1.54, 1.807) is 0 Å². The minimum absolute atomic E-state index is 0.340. The van der Waals surface area contributed by atoms with Gasteiger partial charge in [-0.05, 0) is 37.8 Å². The summed E-state index contributed by atoms with van der Waals surface area (Å²) in [6.07, 6.45) is 4.66. The van der Waals surface area contributed by atoms with E-state index in [9.17, 15) is 0 Å². The second-order valence-corrected chi connectivity index (χ2v) is 5.05. The fourth-order valence-corrected chi connectivity index (χ4v) is 2.23. The van der Waals surface area contributed by atoms with Gasteiger partial charge in [-0.3, -0.25) is 0 Å². The average Bonchev–Trinajstić information content (AvgIpc) is 2.32. The third kappa shape index (κ3) is 3.37. The molecule has 3 nitrogen and oxygen atoms in total. The van der Waals surface area contributed by atoms with Crippen molar-refractivity contribution in [3.8, 4) is 5.75 Å². The van der Waals surface area contributed by atoms with E-state index in [0.717, 1.165) is 31.4 Å². The van der Waals surface area contributed by atoms with Crippen LogP contribution in [0.2, 0.25) is 0 Å². The van der Waals surface area contributed by atoms with Gasteiger partial charge in [0.15, 0.2) is 0 Å². The number of ether oxygens (including phenoxy) is 1. The van der Waals surface area contributed by atoms with E-state index >= 15 is 0 Å². The van der Waals surface area contributed by atoms with Gasteiger partial charge < -0.3 is 15.4 Å². The maximum atomic E-state index is 6.01. The first-order valence-electron chi connectivity index (χ1n) is 6.35. The monoisotopic (exact) mass is 234 g/mol. The van der Waals surface area contributed by atoms with Crippen molar-refractivity contribution in [2.45, 2.75) is 37.8 Å². The Balaban J connectivity index is 1.96. The van der Waals surface area contributed by atoms with Crippen molar-refractivity contribution in [1.29, 1.82) is 0 Å². The van der Waals surface area contributed by atoms with Crippen molar-refractivity contribution >= 4 is 5.69 Å². The van der Waals surface area contributed by atoms with Gasteiger partial charge in [-0.15, -0.1) is 0 Å². The van der Waals surface area contributed by atoms with E-state index in [1.165, 1.54) is 5.69 Å². The zero-order chi connectivity index (χ0) is 12.3. The maximum absolute atomic E-state index is 6.01. The zero-order valence-corrected chi connectivity index (χ0v) is 10.7. The number of hydrogen-bond acceptors (Lipinski definition) is 3. The van der Waals surface area contributed by atoms with Crippen molar-refractivity contribution < 1.29 is 4.74 Å². The quantitative estimate of drug-likeness (QED) is 0.872. The number of benzene rings is 1. The molecule has 1 aromatic carbocycles. The first-order valence-corrected chi connectivity index (χ1v) is 6.35. The zero-order valence-electron chi connectivity index (χ0n) is 10.7. The van der Waals surface area contributed by atoms with Crippen LogP contribution in [0.25, 0.3) is 0 Å². The highest BCUT2D eigenvalue weighted by Gasteiger charge is 2.19. The van der Waals surface area contributed by atoms with Gasteiger partial charge in [0.2, 0.25) is 0 Å². The number of nitrogens with zero attached hydrogens (tertiary/aromatic N) is 1. The highest BCUT2D eigenvalue weighted by molar-refractivity contribution is 5.49. The summed E-state index contributed by atoms with van der Waals surface area (Å²) < 4.78 is 6.01. The van der Waals surface area contributed by atoms with Crippen LogP contribution in [-0.2, 0) is 0 Å². The van der Waals surface area contributed by atoms with Crippen LogP contribution in [0.3, 0.4) is 0 Å². The molecule has 0 saturated heterocycles. The summed E-state index contributed by atoms with van der Waals surface area (Å²) in [7, 11) is 4.08. The number of rotatable bonds is 3. The maximum Gasteiger partial charge on any atom is 0.121 e. The normalized spacial score (nSPS) is 24.4. The SMILES string of the molecule is CN(C)c1cccc(OC2CCC(N)CC2)c1. The van der Waals surface area contributed by atoms with Crippen molar-refractivity contribution in [2.24, 2.45) is 5.73 Å². The van der Waals surface area contributed by atoms with Crippen LogP contribution in [0.15, 0.2) is 24.3 Å². The smallest absolute Gasteiger partial charge is 0.121 e. The number of anilines is 1. The molecule has 0 unspecified atom stereocenters. The van der Waals surface area contributed by atoms with Crippen molar-refractivity contribution in [3.05, 3.63) is 24.3 Å². The molecule has 0 spiro atoms. The van der Waals surface area contributed by atoms with Crippen LogP contribution >= 0.6 is 0 Å². The van der Waals surface area contributed by atoms with E-state index < -0.39 is 0 Å². The van der Waals surface area contributed by atoms with Crippen LogP contribution in [0, 0.1) is 0 Å². The second kappa shape index (κ2) is 5.41. The highest BCUT2D eigenvalue weighted by Crippen LogP contribution is 2.25. The standard InChI is InChI=1S/C14H22N2O/c1-16(2)12-4-3-5-14(10-12)17-13-8-6-11(15)7-9-13/h3-5,10-11,13H,6-9,15H2,1-2H3. The molecule has 0 amide bonds. The van der Waals surface area contributed by atoms with Crippen LogP contribution < -0.4 is 15.4 Å². The molecular formula is C14H22N2O. The van der Waals surface area contributed by atoms with Gasteiger partial charge >= 0.3 is 0 Å². The first kappa shape index (κ1) is 12.2. The molecule has 2 N–H and O–H groups in total. The van der Waals surface area contributed by atoms with E-state index in [0.29, 0.717) is 12.1 Å². The van der Waals surface area contributed by atoms with Crippen LogP contribution in [0.1, 0.15) is 25.7 Å². The molecule has 94 valence electrons. The molecule has 1 aromatic rings. The lowest BCUT2D eigenvalue weighted by Crippen LogP contribution is -2.31. The molecule has 2 rings (SSSR count). The van der Waals surface area contributed by atoms with Gasteiger partial charge in [0.05, 0.1) is 6.10 Å². The molecule has 0 atom stereocenters. The van der Waals surface area contributed by atoms with E-state index in [1.807, 2.05) is 26.2 Å². The topological polar surface area (TPSA) is 38.5 Å². The molecule has 0 radical (unpaired) electrons. The molecule has 0 aliphatic heterocycles. The Morgan fingerprint density at radius 1 is 1.18 bits per heavy atom. The Morgan fingerprint density at radius 2 is 1.88 bits per heavy atom. The summed E-state index contributed by atoms with van der Waals surface area (Å²) in [5, 5.41) is 0. The summed E-state index contributed by atoms with van der Waals surface area (Å²) in [6.45, 7) is 0. The largest absolute Gasteiger partial charge is 0.490 e. The molecule has 0 heterocycles. The van der Waals surface area contributed by atoms with Gasteiger partial charge in [-0.2, -0.15) is 0 Å².